The molecule has 0 bridgehead atoms. The summed E-state index contributed by atoms with van der Waals surface area (Å²) in [5.74, 6) is -0.931. The molecular formula is C12H13NO6. The molecule has 0 atom stereocenters. The minimum Gasteiger partial charge on any atom is -0.493 e. The number of aliphatic carboxylic acids is 1. The van der Waals surface area contributed by atoms with Crippen LogP contribution >= 0.6 is 0 Å². The molecular weight excluding hydrogens is 254 g/mol. The average molecular weight is 267 g/mol. The van der Waals surface area contributed by atoms with Gasteiger partial charge in [0.1, 0.15) is 0 Å². The van der Waals surface area contributed by atoms with E-state index in [9.17, 15) is 14.9 Å². The Balaban J connectivity index is 3.35. The maximum atomic E-state index is 11.0. The topological polar surface area (TPSA) is 98.9 Å². The van der Waals surface area contributed by atoms with Crippen molar-refractivity contribution < 1.29 is 24.3 Å². The van der Waals surface area contributed by atoms with E-state index < -0.39 is 10.9 Å². The molecule has 0 amide bonds. The fraction of sp³-hybridized carbons (Fsp3) is 0.250. The molecule has 1 aromatic carbocycles. The van der Waals surface area contributed by atoms with Gasteiger partial charge in [-0.2, -0.15) is 0 Å². The number of ether oxygens (including phenoxy) is 2. The van der Waals surface area contributed by atoms with E-state index in [1.54, 1.807) is 6.92 Å². The van der Waals surface area contributed by atoms with Crippen LogP contribution in [0.25, 0.3) is 6.08 Å². The second kappa shape index (κ2) is 6.39. The smallest absolute Gasteiger partial charge is 0.328 e. The minimum atomic E-state index is -1.14. The number of methoxy groups -OCH3 is 1. The summed E-state index contributed by atoms with van der Waals surface area (Å²) in [6.07, 6.45) is 2.13. The van der Waals surface area contributed by atoms with Crippen LogP contribution in [0.3, 0.4) is 0 Å². The van der Waals surface area contributed by atoms with Crippen molar-refractivity contribution in [3.63, 3.8) is 0 Å². The summed E-state index contributed by atoms with van der Waals surface area (Å²) in [7, 11) is 1.35. The molecule has 102 valence electrons. The van der Waals surface area contributed by atoms with E-state index in [-0.39, 0.29) is 23.8 Å². The van der Waals surface area contributed by atoms with Crippen LogP contribution in [0.5, 0.6) is 11.5 Å². The summed E-state index contributed by atoms with van der Waals surface area (Å²) < 4.78 is 10.2. The maximum absolute atomic E-state index is 11.0. The molecule has 19 heavy (non-hydrogen) atoms. The van der Waals surface area contributed by atoms with Crippen LogP contribution in [0.4, 0.5) is 5.69 Å². The molecule has 1 aromatic rings. The number of nitrogens with zero attached hydrogens (tertiary/aromatic N) is 1. The van der Waals surface area contributed by atoms with Crippen molar-refractivity contribution in [2.75, 3.05) is 13.7 Å². The van der Waals surface area contributed by atoms with E-state index in [4.69, 9.17) is 14.6 Å². The Hall–Kier alpha value is -2.57. The van der Waals surface area contributed by atoms with Crippen LogP contribution in [-0.4, -0.2) is 29.7 Å². The number of nitro groups is 1. The average Bonchev–Trinajstić information content (AvgIpc) is 2.36. The van der Waals surface area contributed by atoms with Crippen molar-refractivity contribution >= 4 is 17.7 Å². The van der Waals surface area contributed by atoms with Gasteiger partial charge in [-0.3, -0.25) is 10.1 Å². The van der Waals surface area contributed by atoms with Crippen LogP contribution in [0.1, 0.15) is 12.5 Å². The van der Waals surface area contributed by atoms with Crippen molar-refractivity contribution in [2.24, 2.45) is 0 Å². The lowest BCUT2D eigenvalue weighted by atomic mass is 10.1. The highest BCUT2D eigenvalue weighted by Crippen LogP contribution is 2.38. The molecule has 0 aromatic heterocycles. The third-order valence-corrected chi connectivity index (χ3v) is 2.18. The first kappa shape index (κ1) is 14.5. The van der Waals surface area contributed by atoms with E-state index in [0.717, 1.165) is 6.08 Å². The van der Waals surface area contributed by atoms with Gasteiger partial charge in [0.25, 0.3) is 0 Å². The molecule has 0 saturated carbocycles. The summed E-state index contributed by atoms with van der Waals surface area (Å²) >= 11 is 0. The van der Waals surface area contributed by atoms with Crippen LogP contribution in [0.15, 0.2) is 18.2 Å². The number of rotatable bonds is 6. The molecule has 0 aliphatic heterocycles. The molecule has 0 fully saturated rings. The normalized spacial score (nSPS) is 10.4. The molecule has 0 aliphatic carbocycles. The lowest BCUT2D eigenvalue weighted by Crippen LogP contribution is -2.01. The lowest BCUT2D eigenvalue weighted by Gasteiger charge is -2.10. The highest BCUT2D eigenvalue weighted by atomic mass is 16.6. The summed E-state index contributed by atoms with van der Waals surface area (Å²) in [4.78, 5) is 20.8. The minimum absolute atomic E-state index is 0.0301. The first-order valence-corrected chi connectivity index (χ1v) is 5.39. The van der Waals surface area contributed by atoms with Gasteiger partial charge < -0.3 is 14.6 Å². The van der Waals surface area contributed by atoms with Gasteiger partial charge >= 0.3 is 11.7 Å². The molecule has 0 heterocycles. The van der Waals surface area contributed by atoms with Gasteiger partial charge in [-0.1, -0.05) is 0 Å². The quantitative estimate of drug-likeness (QED) is 0.481. The number of benzene rings is 1. The van der Waals surface area contributed by atoms with Gasteiger partial charge in [0, 0.05) is 12.1 Å². The summed E-state index contributed by atoms with van der Waals surface area (Å²) in [6.45, 7) is 1.95. The number of hydrogen-bond donors (Lipinski definition) is 1. The molecule has 0 saturated heterocycles. The molecule has 0 spiro atoms. The Morgan fingerprint density at radius 1 is 1.53 bits per heavy atom. The molecule has 0 aliphatic rings. The Labute approximate surface area is 109 Å². The Morgan fingerprint density at radius 3 is 2.68 bits per heavy atom. The predicted molar refractivity (Wildman–Crippen MR) is 67.5 cm³/mol. The zero-order valence-corrected chi connectivity index (χ0v) is 10.5. The highest BCUT2D eigenvalue weighted by Gasteiger charge is 2.21. The molecule has 1 N–H and O–H groups in total. The van der Waals surface area contributed by atoms with Gasteiger partial charge in [0.2, 0.25) is 5.75 Å². The number of nitro benzene ring substituents is 1. The van der Waals surface area contributed by atoms with Crippen LogP contribution < -0.4 is 9.47 Å². The van der Waals surface area contributed by atoms with Crippen molar-refractivity contribution in [3.8, 4) is 11.5 Å². The highest BCUT2D eigenvalue weighted by molar-refractivity contribution is 5.85. The molecule has 7 heteroatoms. The van der Waals surface area contributed by atoms with Gasteiger partial charge in [-0.15, -0.1) is 0 Å². The van der Waals surface area contributed by atoms with E-state index in [2.05, 4.69) is 0 Å². The summed E-state index contributed by atoms with van der Waals surface area (Å²) in [5.41, 5.74) is 0.0700. The third-order valence-electron chi connectivity index (χ3n) is 2.18. The first-order valence-electron chi connectivity index (χ1n) is 5.39. The standard InChI is InChI=1S/C12H13NO6/c1-3-19-12-9(13(16)17)6-8(4-5-11(14)15)7-10(12)18-2/h4-7H,3H2,1-2H3,(H,14,15)/b5-4+. The zero-order valence-electron chi connectivity index (χ0n) is 10.5. The maximum Gasteiger partial charge on any atom is 0.328 e. The Kier molecular flexibility index (Phi) is 4.87. The second-order valence-electron chi connectivity index (χ2n) is 3.43. The van der Waals surface area contributed by atoms with E-state index >= 15 is 0 Å². The number of carboxylic acids is 1. The molecule has 0 radical (unpaired) electrons. The van der Waals surface area contributed by atoms with E-state index in [1.165, 1.54) is 25.3 Å². The zero-order chi connectivity index (χ0) is 14.4. The first-order chi connectivity index (χ1) is 8.99. The number of carbonyl (C=O) groups is 1. The van der Waals surface area contributed by atoms with E-state index in [0.29, 0.717) is 5.56 Å². The van der Waals surface area contributed by atoms with Crippen LogP contribution in [-0.2, 0) is 4.79 Å². The van der Waals surface area contributed by atoms with Crippen molar-refractivity contribution in [2.45, 2.75) is 6.92 Å². The number of hydrogen-bond acceptors (Lipinski definition) is 5. The van der Waals surface area contributed by atoms with Crippen molar-refractivity contribution in [1.29, 1.82) is 0 Å². The van der Waals surface area contributed by atoms with Gasteiger partial charge in [-0.25, -0.2) is 4.79 Å². The molecule has 0 unspecified atom stereocenters. The van der Waals surface area contributed by atoms with Gasteiger partial charge in [0.15, 0.2) is 5.75 Å². The third kappa shape index (κ3) is 3.70. The summed E-state index contributed by atoms with van der Waals surface area (Å²) in [6, 6.07) is 2.70. The van der Waals surface area contributed by atoms with Crippen molar-refractivity contribution in [3.05, 3.63) is 33.9 Å². The predicted octanol–water partition coefficient (Wildman–Crippen LogP) is 2.10. The molecule has 1 rings (SSSR count). The Morgan fingerprint density at radius 2 is 2.21 bits per heavy atom. The fourth-order valence-corrected chi connectivity index (χ4v) is 1.45. The summed E-state index contributed by atoms with van der Waals surface area (Å²) in [5, 5.41) is 19.5. The van der Waals surface area contributed by atoms with E-state index in [1.807, 2.05) is 0 Å². The van der Waals surface area contributed by atoms with Gasteiger partial charge in [-0.05, 0) is 24.6 Å². The van der Waals surface area contributed by atoms with Crippen LogP contribution in [0, 0.1) is 10.1 Å². The van der Waals surface area contributed by atoms with Crippen LogP contribution in [0.2, 0.25) is 0 Å². The fourth-order valence-electron chi connectivity index (χ4n) is 1.45. The monoisotopic (exact) mass is 267 g/mol. The van der Waals surface area contributed by atoms with Crippen molar-refractivity contribution in [1.82, 2.24) is 0 Å². The SMILES string of the molecule is CCOc1c(OC)cc(/C=C/C(=O)O)cc1[N+](=O)[O-]. The largest absolute Gasteiger partial charge is 0.493 e. The van der Waals surface area contributed by atoms with Gasteiger partial charge in [0.05, 0.1) is 18.6 Å². The second-order valence-corrected chi connectivity index (χ2v) is 3.43. The molecule has 7 nitrogen and oxygen atoms in total. The lowest BCUT2D eigenvalue weighted by molar-refractivity contribution is -0.385. The number of carboxylic acid groups (broad SMARTS) is 1. The Bertz CT molecular complexity index is 523.